The van der Waals surface area contributed by atoms with Crippen LogP contribution in [0.4, 0.5) is 14.5 Å². The van der Waals surface area contributed by atoms with E-state index >= 15 is 0 Å². The Bertz CT molecular complexity index is 1090. The minimum Gasteiger partial charge on any atom is -0.415 e. The Labute approximate surface area is 220 Å². The van der Waals surface area contributed by atoms with Gasteiger partial charge < -0.3 is 18.4 Å². The molecule has 2 aromatic carbocycles. The van der Waals surface area contributed by atoms with E-state index in [1.165, 1.54) is 12.8 Å². The van der Waals surface area contributed by atoms with E-state index in [-0.39, 0.29) is 5.89 Å². The van der Waals surface area contributed by atoms with Crippen LogP contribution >= 0.6 is 11.9 Å². The summed E-state index contributed by atoms with van der Waals surface area (Å²) in [6.07, 6.45) is -0.301. The van der Waals surface area contributed by atoms with Crippen molar-refractivity contribution in [2.45, 2.75) is 31.9 Å². The molecule has 0 radical (unpaired) electrons. The average Bonchev–Trinajstić information content (AvgIpc) is 3.45. The van der Waals surface area contributed by atoms with E-state index < -0.39 is 12.3 Å². The van der Waals surface area contributed by atoms with Crippen molar-refractivity contribution < 1.29 is 17.9 Å². The third-order valence-electron chi connectivity index (χ3n) is 6.97. The summed E-state index contributed by atoms with van der Waals surface area (Å²) in [5, 5.41) is 7.15. The van der Waals surface area contributed by atoms with Crippen LogP contribution in [0.5, 0.6) is 0 Å². The van der Waals surface area contributed by atoms with E-state index in [0.717, 1.165) is 69.5 Å². The van der Waals surface area contributed by atoms with Crippen molar-refractivity contribution in [2.24, 2.45) is 0 Å². The molecule has 0 spiro atoms. The number of alkyl halides is 2. The van der Waals surface area contributed by atoms with Gasteiger partial charge >= 0.3 is 6.43 Å². The van der Waals surface area contributed by atoms with Crippen molar-refractivity contribution in [3.05, 3.63) is 66.1 Å². The standard InChI is InChI=1S/C27H33F2N5O2S/c28-25(29)27-31-30-26(36-27)22-8-6-21(7-9-22)20-34(24-4-2-1-3-5-24)37-19-16-32-12-10-23(11-13-32)33-14-17-35-18-15-33/h1-9,23,25H,10-20H2. The third kappa shape index (κ3) is 7.07. The Kier molecular flexibility index (Phi) is 9.04. The molecular weight excluding hydrogens is 496 g/mol. The van der Waals surface area contributed by atoms with Gasteiger partial charge in [-0.15, -0.1) is 10.2 Å². The Balaban J connectivity index is 1.15. The second-order valence-corrected chi connectivity index (χ2v) is 10.5. The molecule has 0 aliphatic carbocycles. The zero-order valence-corrected chi connectivity index (χ0v) is 21.7. The van der Waals surface area contributed by atoms with E-state index in [9.17, 15) is 8.78 Å². The highest BCUT2D eigenvalue weighted by Crippen LogP contribution is 2.28. The van der Waals surface area contributed by atoms with Crippen LogP contribution in [-0.4, -0.2) is 77.7 Å². The van der Waals surface area contributed by atoms with Crippen LogP contribution in [-0.2, 0) is 11.3 Å². The molecule has 2 aliphatic heterocycles. The lowest BCUT2D eigenvalue weighted by atomic mass is 10.0. The summed E-state index contributed by atoms with van der Waals surface area (Å²) in [7, 11) is 0. The molecule has 0 bridgehead atoms. The Hall–Kier alpha value is -2.53. The number of benzene rings is 2. The molecule has 2 fully saturated rings. The van der Waals surface area contributed by atoms with Crippen molar-refractivity contribution in [1.82, 2.24) is 20.0 Å². The average molecular weight is 530 g/mol. The maximum absolute atomic E-state index is 12.8. The maximum atomic E-state index is 12.8. The summed E-state index contributed by atoms with van der Waals surface area (Å²) in [6.45, 7) is 7.96. The fourth-order valence-corrected chi connectivity index (χ4v) is 5.97. The zero-order chi connectivity index (χ0) is 25.5. The number of rotatable bonds is 10. The molecule has 0 saturated carbocycles. The van der Waals surface area contributed by atoms with Crippen molar-refractivity contribution in [3.8, 4) is 11.5 Å². The van der Waals surface area contributed by atoms with Gasteiger partial charge in [-0.1, -0.05) is 30.3 Å². The van der Waals surface area contributed by atoms with Gasteiger partial charge in [0, 0.05) is 42.7 Å². The number of hydrogen-bond acceptors (Lipinski definition) is 8. The molecule has 2 aliphatic rings. The first-order valence-electron chi connectivity index (χ1n) is 12.9. The van der Waals surface area contributed by atoms with Crippen LogP contribution in [0.2, 0.25) is 0 Å². The smallest absolute Gasteiger partial charge is 0.314 e. The molecular formula is C27H33F2N5O2S. The van der Waals surface area contributed by atoms with Gasteiger partial charge in [-0.05, 0) is 67.7 Å². The highest BCUT2D eigenvalue weighted by Gasteiger charge is 2.25. The number of aromatic nitrogens is 2. The molecule has 2 saturated heterocycles. The van der Waals surface area contributed by atoms with E-state index in [2.05, 4.69) is 48.6 Å². The molecule has 3 heterocycles. The van der Waals surface area contributed by atoms with Gasteiger partial charge in [0.05, 0.1) is 19.8 Å². The van der Waals surface area contributed by atoms with Gasteiger partial charge in [-0.25, -0.2) is 0 Å². The normalized spacial score (nSPS) is 17.9. The summed E-state index contributed by atoms with van der Waals surface area (Å²) in [5.74, 6) is 0.456. The van der Waals surface area contributed by atoms with Crippen molar-refractivity contribution in [1.29, 1.82) is 0 Å². The fraction of sp³-hybridized carbons (Fsp3) is 0.481. The van der Waals surface area contributed by atoms with Gasteiger partial charge in [0.2, 0.25) is 5.89 Å². The summed E-state index contributed by atoms with van der Waals surface area (Å²) in [6, 6.07) is 18.7. The van der Waals surface area contributed by atoms with Crippen molar-refractivity contribution in [3.63, 3.8) is 0 Å². The highest BCUT2D eigenvalue weighted by molar-refractivity contribution is 8.00. The second kappa shape index (κ2) is 12.8. The zero-order valence-electron chi connectivity index (χ0n) is 20.8. The van der Waals surface area contributed by atoms with Gasteiger partial charge in [0.15, 0.2) is 0 Å². The molecule has 7 nitrogen and oxygen atoms in total. The number of piperidine rings is 1. The summed E-state index contributed by atoms with van der Waals surface area (Å²) < 4.78 is 38.4. The highest BCUT2D eigenvalue weighted by atomic mass is 32.2. The number of likely N-dealkylation sites (tertiary alicyclic amines) is 1. The molecule has 3 aromatic rings. The van der Waals surface area contributed by atoms with Gasteiger partial charge in [0.25, 0.3) is 5.89 Å². The first-order valence-corrected chi connectivity index (χ1v) is 13.8. The minimum atomic E-state index is -2.77. The lowest BCUT2D eigenvalue weighted by Gasteiger charge is -2.40. The van der Waals surface area contributed by atoms with Crippen LogP contribution in [0.15, 0.2) is 59.0 Å². The Morgan fingerprint density at radius 3 is 2.35 bits per heavy atom. The first-order chi connectivity index (χ1) is 18.2. The predicted molar refractivity (Wildman–Crippen MR) is 142 cm³/mol. The van der Waals surface area contributed by atoms with E-state index in [1.54, 1.807) is 0 Å². The molecule has 37 heavy (non-hydrogen) atoms. The number of halogens is 2. The minimum absolute atomic E-state index is 0.105. The van der Waals surface area contributed by atoms with Gasteiger partial charge in [0.1, 0.15) is 0 Å². The Morgan fingerprint density at radius 1 is 0.946 bits per heavy atom. The second-order valence-electron chi connectivity index (χ2n) is 9.37. The van der Waals surface area contributed by atoms with Crippen LogP contribution in [0.3, 0.4) is 0 Å². The number of para-hydroxylation sites is 1. The number of hydrogen-bond donors (Lipinski definition) is 0. The quantitative estimate of drug-likeness (QED) is 0.335. The monoisotopic (exact) mass is 529 g/mol. The van der Waals surface area contributed by atoms with Gasteiger partial charge in [-0.3, -0.25) is 4.90 Å². The van der Waals surface area contributed by atoms with Crippen molar-refractivity contribution >= 4 is 17.6 Å². The lowest BCUT2D eigenvalue weighted by molar-refractivity contribution is 0.00143. The largest absolute Gasteiger partial charge is 0.415 e. The Morgan fingerprint density at radius 2 is 1.68 bits per heavy atom. The van der Waals surface area contributed by atoms with Gasteiger partial charge in [-0.2, -0.15) is 8.78 Å². The van der Waals surface area contributed by atoms with E-state index in [0.29, 0.717) is 11.6 Å². The van der Waals surface area contributed by atoms with Crippen LogP contribution in [0, 0.1) is 0 Å². The summed E-state index contributed by atoms with van der Waals surface area (Å²) in [5.41, 5.74) is 2.89. The third-order valence-corrected chi connectivity index (χ3v) is 7.99. The van der Waals surface area contributed by atoms with Crippen LogP contribution in [0.1, 0.15) is 30.7 Å². The molecule has 10 heteroatoms. The number of morpholine rings is 1. The van der Waals surface area contributed by atoms with E-state index in [1.807, 2.05) is 42.3 Å². The SMILES string of the molecule is FC(F)c1nnc(-c2ccc(CN(SCCN3CCC(N4CCOCC4)CC3)c3ccccc3)cc2)o1. The number of ether oxygens (including phenoxy) is 1. The molecule has 0 amide bonds. The lowest BCUT2D eigenvalue weighted by Crippen LogP contribution is -2.49. The summed E-state index contributed by atoms with van der Waals surface area (Å²) in [4.78, 5) is 5.19. The molecule has 198 valence electrons. The van der Waals surface area contributed by atoms with E-state index in [4.69, 9.17) is 9.15 Å². The predicted octanol–water partition coefficient (Wildman–Crippen LogP) is 5.13. The number of nitrogens with zero attached hydrogens (tertiary/aromatic N) is 5. The molecule has 5 rings (SSSR count). The molecule has 0 N–H and O–H groups in total. The number of anilines is 1. The molecule has 1 aromatic heterocycles. The molecule has 0 atom stereocenters. The molecule has 0 unspecified atom stereocenters. The van der Waals surface area contributed by atoms with Crippen molar-refractivity contribution in [2.75, 3.05) is 56.0 Å². The first kappa shape index (κ1) is 26.1. The van der Waals surface area contributed by atoms with Crippen LogP contribution < -0.4 is 4.31 Å². The van der Waals surface area contributed by atoms with Crippen LogP contribution in [0.25, 0.3) is 11.5 Å². The maximum Gasteiger partial charge on any atom is 0.314 e. The topological polar surface area (TPSA) is 57.9 Å². The summed E-state index contributed by atoms with van der Waals surface area (Å²) >= 11 is 1.84. The fourth-order valence-electron chi connectivity index (χ4n) is 4.89.